The number of nitriles is 1. The lowest BCUT2D eigenvalue weighted by Gasteiger charge is -2.15. The Hall–Kier alpha value is -1.54. The number of methoxy groups -OCH3 is 1. The van der Waals surface area contributed by atoms with Crippen molar-refractivity contribution >= 4 is 16.5 Å². The molecule has 2 N–H and O–H groups in total. The maximum atomic E-state index is 12.2. The Morgan fingerprint density at radius 2 is 2.17 bits per heavy atom. The Morgan fingerprint density at radius 3 is 2.72 bits per heavy atom. The second kappa shape index (κ2) is 5.87. The molecule has 0 fully saturated rings. The van der Waals surface area contributed by atoms with Gasteiger partial charge in [-0.05, 0) is 32.4 Å². The monoisotopic (exact) mass is 266 g/mol. The highest BCUT2D eigenvalue weighted by Crippen LogP contribution is 2.27. The number of rotatable bonds is 5. The van der Waals surface area contributed by atoms with Gasteiger partial charge in [-0.25, -0.2) is 0 Å². The molecule has 4 nitrogen and oxygen atoms in total. The van der Waals surface area contributed by atoms with E-state index in [-0.39, 0.29) is 0 Å². The van der Waals surface area contributed by atoms with Crippen molar-refractivity contribution in [3.8, 4) is 11.8 Å². The van der Waals surface area contributed by atoms with Gasteiger partial charge in [-0.3, -0.25) is 4.21 Å². The van der Waals surface area contributed by atoms with Crippen LogP contribution in [0.2, 0.25) is 0 Å². The number of nitrogens with two attached hydrogens (primary N) is 1. The van der Waals surface area contributed by atoms with Crippen molar-refractivity contribution in [2.45, 2.75) is 25.2 Å². The number of anilines is 1. The summed E-state index contributed by atoms with van der Waals surface area (Å²) in [4.78, 5) is 0.625. The van der Waals surface area contributed by atoms with Gasteiger partial charge in [-0.2, -0.15) is 5.26 Å². The van der Waals surface area contributed by atoms with Gasteiger partial charge in [0.2, 0.25) is 0 Å². The fraction of sp³-hybridized carbons (Fsp3) is 0.462. The van der Waals surface area contributed by atoms with E-state index < -0.39 is 16.2 Å². The average Bonchev–Trinajstić information content (AvgIpc) is 2.36. The van der Waals surface area contributed by atoms with Crippen molar-refractivity contribution in [1.29, 1.82) is 5.26 Å². The first-order valence-electron chi connectivity index (χ1n) is 5.63. The van der Waals surface area contributed by atoms with Gasteiger partial charge >= 0.3 is 0 Å². The van der Waals surface area contributed by atoms with Crippen molar-refractivity contribution in [3.05, 3.63) is 18.2 Å². The van der Waals surface area contributed by atoms with Crippen LogP contribution in [0.15, 0.2) is 23.1 Å². The summed E-state index contributed by atoms with van der Waals surface area (Å²) in [7, 11) is 0.340. The molecular formula is C13H18N2O2S. The minimum Gasteiger partial charge on any atom is -0.495 e. The molecule has 0 saturated heterocycles. The van der Waals surface area contributed by atoms with E-state index in [1.165, 1.54) is 7.11 Å². The summed E-state index contributed by atoms with van der Waals surface area (Å²) in [6.45, 7) is 3.68. The van der Waals surface area contributed by atoms with Crippen molar-refractivity contribution < 1.29 is 8.95 Å². The molecule has 0 aromatic heterocycles. The smallest absolute Gasteiger partial charge is 0.137 e. The topological polar surface area (TPSA) is 76.1 Å². The van der Waals surface area contributed by atoms with E-state index >= 15 is 0 Å². The number of benzene rings is 1. The van der Waals surface area contributed by atoms with E-state index in [0.29, 0.717) is 28.5 Å². The normalized spacial score (nSPS) is 12.8. The number of ether oxygens (including phenoxy) is 1. The van der Waals surface area contributed by atoms with Gasteiger partial charge in [0.05, 0.1) is 34.3 Å². The Balaban J connectivity index is 2.83. The summed E-state index contributed by atoms with van der Waals surface area (Å²) in [5.74, 6) is 0.962. The number of hydrogen-bond acceptors (Lipinski definition) is 4. The lowest BCUT2D eigenvalue weighted by molar-refractivity contribution is 0.404. The second-order valence-electron chi connectivity index (χ2n) is 4.71. The molecule has 1 aromatic carbocycles. The van der Waals surface area contributed by atoms with E-state index in [0.717, 1.165) is 0 Å². The van der Waals surface area contributed by atoms with Gasteiger partial charge in [0.15, 0.2) is 0 Å². The summed E-state index contributed by atoms with van der Waals surface area (Å²) in [6.07, 6.45) is 0.573. The first-order chi connectivity index (χ1) is 8.39. The number of nitrogen functional groups attached to an aromatic ring is 1. The molecule has 1 rings (SSSR count). The molecule has 0 amide bonds. The minimum absolute atomic E-state index is 0.431. The van der Waals surface area contributed by atoms with E-state index in [2.05, 4.69) is 6.07 Å². The van der Waals surface area contributed by atoms with Crippen LogP contribution in [0.1, 0.15) is 20.3 Å². The molecule has 1 unspecified atom stereocenters. The molecule has 0 aliphatic heterocycles. The maximum Gasteiger partial charge on any atom is 0.137 e. The molecule has 1 atom stereocenters. The van der Waals surface area contributed by atoms with E-state index in [4.69, 9.17) is 15.7 Å². The van der Waals surface area contributed by atoms with Crippen molar-refractivity contribution in [2.75, 3.05) is 18.6 Å². The van der Waals surface area contributed by atoms with Crippen LogP contribution in [0.25, 0.3) is 0 Å². The molecule has 0 radical (unpaired) electrons. The average molecular weight is 266 g/mol. The standard InChI is InChI=1S/C13H18N2O2S/c1-13(2,9-14)6-7-18(16)12-5-4-10(15)8-11(12)17-3/h4-5,8H,6-7,15H2,1-3H3. The van der Waals surface area contributed by atoms with Crippen LogP contribution in [-0.4, -0.2) is 17.1 Å². The van der Waals surface area contributed by atoms with Gasteiger partial charge in [-0.15, -0.1) is 0 Å². The Labute approximate surface area is 110 Å². The minimum atomic E-state index is -1.18. The van der Waals surface area contributed by atoms with E-state index in [1.807, 2.05) is 13.8 Å². The predicted molar refractivity (Wildman–Crippen MR) is 72.7 cm³/mol. The highest BCUT2D eigenvalue weighted by atomic mass is 32.2. The summed E-state index contributed by atoms with van der Waals surface area (Å²) in [6, 6.07) is 7.27. The Morgan fingerprint density at radius 1 is 1.50 bits per heavy atom. The molecular weight excluding hydrogens is 248 g/mol. The second-order valence-corrected chi connectivity index (χ2v) is 6.24. The lowest BCUT2D eigenvalue weighted by Crippen LogP contribution is -2.13. The third-order valence-corrected chi connectivity index (χ3v) is 4.05. The van der Waals surface area contributed by atoms with E-state index in [1.54, 1.807) is 18.2 Å². The Bertz CT molecular complexity index is 492. The van der Waals surface area contributed by atoms with Crippen LogP contribution < -0.4 is 10.5 Å². The maximum absolute atomic E-state index is 12.2. The molecule has 18 heavy (non-hydrogen) atoms. The zero-order valence-corrected chi connectivity index (χ0v) is 11.7. The molecule has 0 spiro atoms. The van der Waals surface area contributed by atoms with Gasteiger partial charge < -0.3 is 10.5 Å². The quantitative estimate of drug-likeness (QED) is 0.830. The zero-order chi connectivity index (χ0) is 13.8. The van der Waals surface area contributed by atoms with Crippen LogP contribution >= 0.6 is 0 Å². The van der Waals surface area contributed by atoms with Crippen LogP contribution in [0.3, 0.4) is 0 Å². The predicted octanol–water partition coefficient (Wildman–Crippen LogP) is 2.32. The number of hydrogen-bond donors (Lipinski definition) is 1. The van der Waals surface area contributed by atoms with Crippen molar-refractivity contribution in [1.82, 2.24) is 0 Å². The fourth-order valence-corrected chi connectivity index (χ4v) is 2.89. The van der Waals surface area contributed by atoms with Crippen LogP contribution in [-0.2, 0) is 10.8 Å². The SMILES string of the molecule is COc1cc(N)ccc1S(=O)CCC(C)(C)C#N. The summed E-state index contributed by atoms with van der Waals surface area (Å²) in [5.41, 5.74) is 5.76. The molecule has 0 bridgehead atoms. The molecule has 0 heterocycles. The molecule has 0 saturated carbocycles. The first kappa shape index (κ1) is 14.5. The third-order valence-electron chi connectivity index (χ3n) is 2.65. The van der Waals surface area contributed by atoms with Gasteiger partial charge in [-0.1, -0.05) is 0 Å². The summed E-state index contributed by atoms with van der Waals surface area (Å²) < 4.78 is 17.3. The van der Waals surface area contributed by atoms with Gasteiger partial charge in [0, 0.05) is 17.5 Å². The van der Waals surface area contributed by atoms with Gasteiger partial charge in [0.25, 0.3) is 0 Å². The van der Waals surface area contributed by atoms with E-state index in [9.17, 15) is 4.21 Å². The Kier molecular flexibility index (Phi) is 4.74. The van der Waals surface area contributed by atoms with Crippen LogP contribution in [0.4, 0.5) is 5.69 Å². The highest BCUT2D eigenvalue weighted by molar-refractivity contribution is 7.85. The number of nitrogens with zero attached hydrogens (tertiary/aromatic N) is 1. The molecule has 0 aliphatic rings. The first-order valence-corrected chi connectivity index (χ1v) is 6.94. The molecule has 98 valence electrons. The van der Waals surface area contributed by atoms with Crippen molar-refractivity contribution in [2.24, 2.45) is 5.41 Å². The largest absolute Gasteiger partial charge is 0.495 e. The molecule has 5 heteroatoms. The third kappa shape index (κ3) is 3.74. The van der Waals surface area contributed by atoms with Crippen LogP contribution in [0, 0.1) is 16.7 Å². The summed E-state index contributed by atoms with van der Waals surface area (Å²) >= 11 is 0. The van der Waals surface area contributed by atoms with Crippen molar-refractivity contribution in [3.63, 3.8) is 0 Å². The fourth-order valence-electron chi connectivity index (χ4n) is 1.39. The lowest BCUT2D eigenvalue weighted by atomic mass is 9.93. The van der Waals surface area contributed by atoms with Crippen LogP contribution in [0.5, 0.6) is 5.75 Å². The summed E-state index contributed by atoms with van der Waals surface area (Å²) in [5, 5.41) is 8.92. The molecule has 0 aliphatic carbocycles. The highest BCUT2D eigenvalue weighted by Gasteiger charge is 2.19. The molecule has 1 aromatic rings. The van der Waals surface area contributed by atoms with Gasteiger partial charge in [0.1, 0.15) is 5.75 Å². The zero-order valence-electron chi connectivity index (χ0n) is 10.9.